The lowest BCUT2D eigenvalue weighted by atomic mass is 9.95. The Morgan fingerprint density at radius 1 is 1.50 bits per heavy atom. The minimum absolute atomic E-state index is 0.278. The molecular weight excluding hydrogens is 238 g/mol. The van der Waals surface area contributed by atoms with Crippen molar-refractivity contribution in [3.8, 4) is 0 Å². The lowest BCUT2D eigenvalue weighted by Gasteiger charge is -2.38. The zero-order valence-corrected chi connectivity index (χ0v) is 10.4. The number of hydrogen-bond acceptors (Lipinski definition) is 3. The summed E-state index contributed by atoms with van der Waals surface area (Å²) in [6.45, 7) is 2.89. The molecular formula is C13H18F2N2O. The van der Waals surface area contributed by atoms with Crippen LogP contribution in [-0.2, 0) is 5.66 Å². The van der Waals surface area contributed by atoms with Crippen LogP contribution in [0.15, 0.2) is 18.2 Å². The molecule has 5 heteroatoms. The second-order valence-corrected chi connectivity index (χ2v) is 4.79. The molecule has 0 radical (unpaired) electrons. The van der Waals surface area contributed by atoms with E-state index in [2.05, 4.69) is 0 Å². The first-order valence-corrected chi connectivity index (χ1v) is 6.15. The van der Waals surface area contributed by atoms with E-state index in [4.69, 9.17) is 5.73 Å². The Bertz CT molecular complexity index is 441. The van der Waals surface area contributed by atoms with Crippen LogP contribution in [0.1, 0.15) is 25.3 Å². The van der Waals surface area contributed by atoms with E-state index in [9.17, 15) is 13.9 Å². The van der Waals surface area contributed by atoms with Gasteiger partial charge in [0.2, 0.25) is 0 Å². The van der Waals surface area contributed by atoms with Gasteiger partial charge in [-0.2, -0.15) is 0 Å². The fourth-order valence-corrected chi connectivity index (χ4v) is 2.53. The summed E-state index contributed by atoms with van der Waals surface area (Å²) in [5.74, 6) is -1.25. The smallest absolute Gasteiger partial charge is 0.132 e. The molecule has 0 saturated carbocycles. The summed E-state index contributed by atoms with van der Waals surface area (Å²) in [4.78, 5) is 1.86. The molecule has 0 amide bonds. The van der Waals surface area contributed by atoms with Crippen LogP contribution in [0.25, 0.3) is 0 Å². The molecule has 100 valence electrons. The molecule has 1 aromatic rings. The Balaban J connectivity index is 2.36. The van der Waals surface area contributed by atoms with Gasteiger partial charge in [-0.15, -0.1) is 0 Å². The molecule has 2 rings (SSSR count). The van der Waals surface area contributed by atoms with Crippen molar-refractivity contribution in [1.82, 2.24) is 4.90 Å². The number of nitrogens with zero attached hydrogens (tertiary/aromatic N) is 1. The number of β-amino-alcohol motifs (C(OH)–C–C–N with tert-alkyl or cyclic N) is 1. The molecule has 0 aromatic heterocycles. The number of aliphatic hydroxyl groups is 1. The Morgan fingerprint density at radius 2 is 2.22 bits per heavy atom. The van der Waals surface area contributed by atoms with Gasteiger partial charge >= 0.3 is 0 Å². The number of likely N-dealkylation sites (tertiary alicyclic amines) is 1. The average molecular weight is 256 g/mol. The highest BCUT2D eigenvalue weighted by atomic mass is 19.1. The fraction of sp³-hybridized carbons (Fsp3) is 0.538. The second-order valence-electron chi connectivity index (χ2n) is 4.79. The van der Waals surface area contributed by atoms with Crippen LogP contribution in [-0.4, -0.2) is 29.2 Å². The standard InChI is InChI=1S/C13H18F2N2O/c1-2-13(16,17-6-5-10(18)8-17)11-4-3-9(14)7-12(11)15/h3-4,7,10,18H,2,5-6,8,16H2,1H3/t10-,13?/m0/s1. The van der Waals surface area contributed by atoms with Crippen molar-refractivity contribution < 1.29 is 13.9 Å². The lowest BCUT2D eigenvalue weighted by Crippen LogP contribution is -2.52. The van der Waals surface area contributed by atoms with Gasteiger partial charge < -0.3 is 10.8 Å². The van der Waals surface area contributed by atoms with Crippen molar-refractivity contribution in [1.29, 1.82) is 0 Å². The zero-order chi connectivity index (χ0) is 13.3. The number of halogens is 2. The van der Waals surface area contributed by atoms with E-state index < -0.39 is 23.4 Å². The highest BCUT2D eigenvalue weighted by molar-refractivity contribution is 5.26. The summed E-state index contributed by atoms with van der Waals surface area (Å²) in [7, 11) is 0. The van der Waals surface area contributed by atoms with Crippen LogP contribution >= 0.6 is 0 Å². The van der Waals surface area contributed by atoms with Gasteiger partial charge in [-0.1, -0.05) is 6.92 Å². The van der Waals surface area contributed by atoms with Crippen molar-refractivity contribution in [2.45, 2.75) is 31.5 Å². The number of hydrogen-bond donors (Lipinski definition) is 2. The van der Waals surface area contributed by atoms with E-state index in [0.29, 0.717) is 25.9 Å². The lowest BCUT2D eigenvalue weighted by molar-refractivity contribution is 0.0876. The van der Waals surface area contributed by atoms with E-state index >= 15 is 0 Å². The van der Waals surface area contributed by atoms with Gasteiger partial charge in [0.1, 0.15) is 11.6 Å². The predicted molar refractivity (Wildman–Crippen MR) is 64.7 cm³/mol. The maximum atomic E-state index is 13.9. The van der Waals surface area contributed by atoms with Gasteiger partial charge in [-0.25, -0.2) is 8.78 Å². The summed E-state index contributed by atoms with van der Waals surface area (Å²) >= 11 is 0. The molecule has 3 N–H and O–H groups in total. The van der Waals surface area contributed by atoms with E-state index in [1.54, 1.807) is 0 Å². The van der Waals surface area contributed by atoms with Gasteiger partial charge in [0.05, 0.1) is 11.8 Å². The second kappa shape index (κ2) is 4.91. The SMILES string of the molecule is CCC(N)(c1ccc(F)cc1F)N1CC[C@H](O)C1. The van der Waals surface area contributed by atoms with Crippen LogP contribution in [0.4, 0.5) is 8.78 Å². The van der Waals surface area contributed by atoms with E-state index in [1.807, 2.05) is 11.8 Å². The van der Waals surface area contributed by atoms with Crippen molar-refractivity contribution in [3.05, 3.63) is 35.4 Å². The van der Waals surface area contributed by atoms with Crippen LogP contribution in [0.3, 0.4) is 0 Å². The third kappa shape index (κ3) is 2.25. The molecule has 0 bridgehead atoms. The Kier molecular flexibility index (Phi) is 3.66. The third-order valence-electron chi connectivity index (χ3n) is 3.66. The molecule has 1 fully saturated rings. The zero-order valence-electron chi connectivity index (χ0n) is 10.4. The molecule has 1 saturated heterocycles. The highest BCUT2D eigenvalue weighted by Gasteiger charge is 2.38. The minimum Gasteiger partial charge on any atom is -0.392 e. The summed E-state index contributed by atoms with van der Waals surface area (Å²) in [5, 5.41) is 9.57. The third-order valence-corrected chi connectivity index (χ3v) is 3.66. The van der Waals surface area contributed by atoms with Crippen LogP contribution in [0, 0.1) is 11.6 Å². The quantitative estimate of drug-likeness (QED) is 0.862. The monoisotopic (exact) mass is 256 g/mol. The van der Waals surface area contributed by atoms with Gasteiger partial charge in [0.15, 0.2) is 0 Å². The first-order valence-electron chi connectivity index (χ1n) is 6.15. The molecule has 0 spiro atoms. The van der Waals surface area contributed by atoms with Gasteiger partial charge in [-0.05, 0) is 25.0 Å². The van der Waals surface area contributed by atoms with Crippen molar-refractivity contribution in [2.24, 2.45) is 5.73 Å². The van der Waals surface area contributed by atoms with Gasteiger partial charge in [0.25, 0.3) is 0 Å². The van der Waals surface area contributed by atoms with Crippen LogP contribution in [0.5, 0.6) is 0 Å². The van der Waals surface area contributed by atoms with Crippen LogP contribution < -0.4 is 5.73 Å². The normalized spacial score (nSPS) is 24.2. The molecule has 1 heterocycles. The first kappa shape index (κ1) is 13.4. The molecule has 2 atom stereocenters. The maximum absolute atomic E-state index is 13.9. The summed E-state index contributed by atoms with van der Waals surface area (Å²) < 4.78 is 26.8. The van der Waals surface area contributed by atoms with Gasteiger partial charge in [0, 0.05) is 24.7 Å². The number of benzene rings is 1. The summed E-state index contributed by atoms with van der Waals surface area (Å²) in [6.07, 6.45) is 0.687. The van der Waals surface area contributed by atoms with Crippen LogP contribution in [0.2, 0.25) is 0 Å². The highest BCUT2D eigenvalue weighted by Crippen LogP contribution is 2.32. The molecule has 0 aliphatic carbocycles. The minimum atomic E-state index is -0.991. The first-order chi connectivity index (χ1) is 8.47. The van der Waals surface area contributed by atoms with Crippen molar-refractivity contribution >= 4 is 0 Å². The number of nitrogens with two attached hydrogens (primary N) is 1. The Hall–Kier alpha value is -1.04. The molecule has 1 unspecified atom stereocenters. The summed E-state index contributed by atoms with van der Waals surface area (Å²) in [5.41, 5.74) is 5.58. The van der Waals surface area contributed by atoms with Crippen molar-refractivity contribution in [3.63, 3.8) is 0 Å². The summed E-state index contributed by atoms with van der Waals surface area (Å²) in [6, 6.07) is 3.44. The topological polar surface area (TPSA) is 49.5 Å². The maximum Gasteiger partial charge on any atom is 0.132 e. The number of rotatable bonds is 3. The number of aliphatic hydroxyl groups excluding tert-OH is 1. The van der Waals surface area contributed by atoms with E-state index in [-0.39, 0.29) is 5.56 Å². The molecule has 1 aliphatic rings. The predicted octanol–water partition coefficient (Wildman–Crippen LogP) is 1.55. The van der Waals surface area contributed by atoms with E-state index in [0.717, 1.165) is 6.07 Å². The fourth-order valence-electron chi connectivity index (χ4n) is 2.53. The Labute approximate surface area is 105 Å². The largest absolute Gasteiger partial charge is 0.392 e. The van der Waals surface area contributed by atoms with Crippen molar-refractivity contribution in [2.75, 3.05) is 13.1 Å². The van der Waals surface area contributed by atoms with Gasteiger partial charge in [-0.3, -0.25) is 4.90 Å². The molecule has 3 nitrogen and oxygen atoms in total. The van der Waals surface area contributed by atoms with E-state index in [1.165, 1.54) is 12.1 Å². The molecule has 18 heavy (non-hydrogen) atoms. The molecule has 1 aromatic carbocycles. The Morgan fingerprint density at radius 3 is 2.72 bits per heavy atom. The average Bonchev–Trinajstić information content (AvgIpc) is 2.75. The molecule has 1 aliphatic heterocycles.